The van der Waals surface area contributed by atoms with Crippen LogP contribution in [0.15, 0.2) is 48.5 Å². The number of nitrogens with zero attached hydrogens (tertiary/aromatic N) is 2. The van der Waals surface area contributed by atoms with Gasteiger partial charge < -0.3 is 15.0 Å². The molecule has 0 radical (unpaired) electrons. The highest BCUT2D eigenvalue weighted by Gasteiger charge is 2.14. The molecule has 2 rings (SSSR count). The highest BCUT2D eigenvalue weighted by Crippen LogP contribution is 2.17. The summed E-state index contributed by atoms with van der Waals surface area (Å²) in [5.74, 6) is -0.0208. The monoisotopic (exact) mass is 355 g/mol. The topological polar surface area (TPSA) is 65.4 Å². The second kappa shape index (κ2) is 9.42. The van der Waals surface area contributed by atoms with Gasteiger partial charge in [0.05, 0.1) is 17.3 Å². The van der Waals surface area contributed by atoms with Gasteiger partial charge in [-0.25, -0.2) is 4.39 Å². The lowest BCUT2D eigenvalue weighted by Gasteiger charge is -2.20. The van der Waals surface area contributed by atoms with Gasteiger partial charge in [0, 0.05) is 20.1 Å². The standard InChI is InChI=1S/C20H22FN3O2/c1-15(26-17-8-5-7-16(13-17)14-22)20(25)23-11-6-12-24(2)19-10-4-3-9-18(19)21/h3-5,7-10,13,15H,6,11-12H2,1-2H3,(H,23,25). The Morgan fingerprint density at radius 2 is 2.08 bits per heavy atom. The molecule has 0 bridgehead atoms. The Bertz CT molecular complexity index is 789. The number of nitrogens with one attached hydrogen (secondary N) is 1. The molecule has 1 N–H and O–H groups in total. The fourth-order valence-corrected chi connectivity index (χ4v) is 2.45. The lowest BCUT2D eigenvalue weighted by atomic mass is 10.2. The number of hydrogen-bond donors (Lipinski definition) is 1. The molecule has 136 valence electrons. The summed E-state index contributed by atoms with van der Waals surface area (Å²) >= 11 is 0. The second-order valence-corrected chi connectivity index (χ2v) is 5.92. The highest BCUT2D eigenvalue weighted by molar-refractivity contribution is 5.80. The molecule has 1 unspecified atom stereocenters. The number of para-hydroxylation sites is 1. The number of ether oxygens (including phenoxy) is 1. The first-order chi connectivity index (χ1) is 12.5. The summed E-state index contributed by atoms with van der Waals surface area (Å²) in [6.45, 7) is 2.73. The van der Waals surface area contributed by atoms with Gasteiger partial charge in [0.1, 0.15) is 11.6 Å². The Morgan fingerprint density at radius 3 is 2.81 bits per heavy atom. The van der Waals surface area contributed by atoms with Gasteiger partial charge in [-0.1, -0.05) is 18.2 Å². The van der Waals surface area contributed by atoms with Gasteiger partial charge in [-0.3, -0.25) is 4.79 Å². The maximum atomic E-state index is 13.7. The molecule has 0 aromatic heterocycles. The van der Waals surface area contributed by atoms with Gasteiger partial charge in [-0.05, 0) is 43.7 Å². The summed E-state index contributed by atoms with van der Waals surface area (Å²) in [5, 5.41) is 11.7. The fourth-order valence-electron chi connectivity index (χ4n) is 2.45. The first kappa shape index (κ1) is 19.3. The van der Waals surface area contributed by atoms with E-state index in [-0.39, 0.29) is 11.7 Å². The molecule has 26 heavy (non-hydrogen) atoms. The van der Waals surface area contributed by atoms with Gasteiger partial charge in [-0.2, -0.15) is 5.26 Å². The number of benzene rings is 2. The van der Waals surface area contributed by atoms with E-state index in [0.717, 1.165) is 0 Å². The van der Waals surface area contributed by atoms with Crippen molar-refractivity contribution in [2.75, 3.05) is 25.0 Å². The summed E-state index contributed by atoms with van der Waals surface area (Å²) in [5.41, 5.74) is 1.01. The molecule has 0 aliphatic rings. The van der Waals surface area contributed by atoms with Crippen LogP contribution in [0.1, 0.15) is 18.9 Å². The highest BCUT2D eigenvalue weighted by atomic mass is 19.1. The predicted molar refractivity (Wildman–Crippen MR) is 98.5 cm³/mol. The lowest BCUT2D eigenvalue weighted by Crippen LogP contribution is -2.37. The first-order valence-electron chi connectivity index (χ1n) is 8.41. The third-order valence-electron chi connectivity index (χ3n) is 3.88. The number of nitriles is 1. The molecular formula is C20H22FN3O2. The minimum Gasteiger partial charge on any atom is -0.481 e. The number of carbonyl (C=O) groups is 1. The van der Waals surface area contributed by atoms with Crippen LogP contribution in [0.5, 0.6) is 5.75 Å². The summed E-state index contributed by atoms with van der Waals surface area (Å²) < 4.78 is 19.3. The van der Waals surface area contributed by atoms with Crippen molar-refractivity contribution in [2.45, 2.75) is 19.4 Å². The van der Waals surface area contributed by atoms with Crippen LogP contribution in [0.4, 0.5) is 10.1 Å². The van der Waals surface area contributed by atoms with E-state index in [1.165, 1.54) is 6.07 Å². The van der Waals surface area contributed by atoms with Crippen molar-refractivity contribution in [2.24, 2.45) is 0 Å². The molecule has 0 aliphatic heterocycles. The molecule has 2 aromatic rings. The molecule has 0 heterocycles. The van der Waals surface area contributed by atoms with E-state index in [9.17, 15) is 9.18 Å². The van der Waals surface area contributed by atoms with Crippen LogP contribution in [0.3, 0.4) is 0 Å². The average molecular weight is 355 g/mol. The zero-order valence-corrected chi connectivity index (χ0v) is 14.9. The third-order valence-corrected chi connectivity index (χ3v) is 3.88. The Hall–Kier alpha value is -3.07. The van der Waals surface area contributed by atoms with Gasteiger partial charge >= 0.3 is 0 Å². The number of halogens is 1. The van der Waals surface area contributed by atoms with Crippen molar-refractivity contribution in [3.63, 3.8) is 0 Å². The molecule has 2 aromatic carbocycles. The SMILES string of the molecule is CC(Oc1cccc(C#N)c1)C(=O)NCCCN(C)c1ccccc1F. The van der Waals surface area contributed by atoms with E-state index in [2.05, 4.69) is 5.32 Å². The number of carbonyl (C=O) groups excluding carboxylic acids is 1. The summed E-state index contributed by atoms with van der Waals surface area (Å²) in [7, 11) is 1.81. The molecule has 0 saturated heterocycles. The molecule has 0 spiro atoms. The van der Waals surface area contributed by atoms with Crippen LogP contribution >= 0.6 is 0 Å². The molecule has 0 saturated carbocycles. The number of anilines is 1. The van der Waals surface area contributed by atoms with Gasteiger partial charge in [0.2, 0.25) is 0 Å². The quantitative estimate of drug-likeness (QED) is 0.739. The Labute approximate surface area is 153 Å². The molecule has 0 aliphatic carbocycles. The molecular weight excluding hydrogens is 333 g/mol. The lowest BCUT2D eigenvalue weighted by molar-refractivity contribution is -0.127. The number of hydrogen-bond acceptors (Lipinski definition) is 4. The van der Waals surface area contributed by atoms with Gasteiger partial charge in [-0.15, -0.1) is 0 Å². The Balaban J connectivity index is 1.74. The second-order valence-electron chi connectivity index (χ2n) is 5.92. The maximum Gasteiger partial charge on any atom is 0.260 e. The van der Waals surface area contributed by atoms with Crippen molar-refractivity contribution < 1.29 is 13.9 Å². The van der Waals surface area contributed by atoms with E-state index < -0.39 is 6.10 Å². The zero-order chi connectivity index (χ0) is 18.9. The van der Waals surface area contributed by atoms with Crippen molar-refractivity contribution in [3.05, 3.63) is 59.9 Å². The minimum absolute atomic E-state index is 0.235. The van der Waals surface area contributed by atoms with E-state index >= 15 is 0 Å². The molecule has 6 heteroatoms. The van der Waals surface area contributed by atoms with Gasteiger partial charge in [0.25, 0.3) is 5.91 Å². The number of rotatable bonds is 8. The Kier molecular flexibility index (Phi) is 6.98. The first-order valence-corrected chi connectivity index (χ1v) is 8.41. The predicted octanol–water partition coefficient (Wildman–Crippen LogP) is 3.11. The van der Waals surface area contributed by atoms with Crippen molar-refractivity contribution in [1.29, 1.82) is 5.26 Å². The van der Waals surface area contributed by atoms with Gasteiger partial charge in [0.15, 0.2) is 6.10 Å². The largest absolute Gasteiger partial charge is 0.481 e. The van der Waals surface area contributed by atoms with Crippen molar-refractivity contribution >= 4 is 11.6 Å². The van der Waals surface area contributed by atoms with E-state index in [1.807, 2.05) is 18.0 Å². The van der Waals surface area contributed by atoms with Crippen LogP contribution in [0, 0.1) is 17.1 Å². The zero-order valence-electron chi connectivity index (χ0n) is 14.9. The third kappa shape index (κ3) is 5.49. The van der Waals surface area contributed by atoms with Crippen LogP contribution < -0.4 is 15.0 Å². The maximum absolute atomic E-state index is 13.7. The van der Waals surface area contributed by atoms with E-state index in [4.69, 9.17) is 10.00 Å². The summed E-state index contributed by atoms with van der Waals surface area (Å²) in [4.78, 5) is 13.9. The number of amides is 1. The molecule has 1 atom stereocenters. The normalized spacial score (nSPS) is 11.3. The fraction of sp³-hybridized carbons (Fsp3) is 0.300. The summed E-state index contributed by atoms with van der Waals surface area (Å²) in [6, 6.07) is 15.3. The van der Waals surface area contributed by atoms with Crippen molar-refractivity contribution in [3.8, 4) is 11.8 Å². The molecule has 0 fully saturated rings. The molecule has 5 nitrogen and oxygen atoms in total. The van der Waals surface area contributed by atoms with E-state index in [1.54, 1.807) is 49.4 Å². The smallest absolute Gasteiger partial charge is 0.260 e. The van der Waals surface area contributed by atoms with Crippen LogP contribution in [0.25, 0.3) is 0 Å². The van der Waals surface area contributed by atoms with Crippen LogP contribution in [0.2, 0.25) is 0 Å². The van der Waals surface area contributed by atoms with Crippen molar-refractivity contribution in [1.82, 2.24) is 5.32 Å². The minimum atomic E-state index is -0.673. The Morgan fingerprint density at radius 1 is 1.31 bits per heavy atom. The van der Waals surface area contributed by atoms with Crippen LogP contribution in [-0.4, -0.2) is 32.1 Å². The van der Waals surface area contributed by atoms with Crippen LogP contribution in [-0.2, 0) is 4.79 Å². The molecule has 1 amide bonds. The average Bonchev–Trinajstić information content (AvgIpc) is 2.65. The van der Waals surface area contributed by atoms with E-state index in [0.29, 0.717) is 36.5 Å². The summed E-state index contributed by atoms with van der Waals surface area (Å²) in [6.07, 6.45) is 0.000896.